The Kier molecular flexibility index (Phi) is 3.37. The largest absolute Gasteiger partial charge is 0.505 e. The van der Waals surface area contributed by atoms with Crippen LogP contribution in [0.2, 0.25) is 0 Å². The fraction of sp³-hybridized carbons (Fsp3) is 0.0714. The van der Waals surface area contributed by atoms with Crippen molar-refractivity contribution in [1.29, 1.82) is 0 Å². The molecule has 0 amide bonds. The number of halogens is 1. The monoisotopic (exact) mass is 262 g/mol. The minimum atomic E-state index is -1.07. The van der Waals surface area contributed by atoms with Crippen molar-refractivity contribution in [1.82, 2.24) is 0 Å². The Hall–Kier alpha value is -2.56. The van der Waals surface area contributed by atoms with Gasteiger partial charge in [-0.3, -0.25) is 0 Å². The smallest absolute Gasteiger partial charge is 0.335 e. The van der Waals surface area contributed by atoms with Crippen LogP contribution in [0.4, 0.5) is 4.39 Å². The Morgan fingerprint density at radius 2 is 1.95 bits per heavy atom. The number of benzene rings is 2. The van der Waals surface area contributed by atoms with Crippen molar-refractivity contribution in [3.8, 4) is 22.6 Å². The van der Waals surface area contributed by atoms with E-state index in [-0.39, 0.29) is 5.56 Å². The van der Waals surface area contributed by atoms with Gasteiger partial charge in [-0.25, -0.2) is 9.18 Å². The zero-order chi connectivity index (χ0) is 14.0. The molecule has 0 aromatic heterocycles. The maximum Gasteiger partial charge on any atom is 0.335 e. The first kappa shape index (κ1) is 12.9. The highest BCUT2D eigenvalue weighted by Crippen LogP contribution is 2.32. The van der Waals surface area contributed by atoms with Crippen molar-refractivity contribution in [3.05, 3.63) is 47.8 Å². The maximum absolute atomic E-state index is 13.3. The number of carboxylic acids is 1. The van der Waals surface area contributed by atoms with E-state index >= 15 is 0 Å². The summed E-state index contributed by atoms with van der Waals surface area (Å²) in [5, 5.41) is 18.0. The second-order valence-corrected chi connectivity index (χ2v) is 3.89. The predicted molar refractivity (Wildman–Crippen MR) is 67.0 cm³/mol. The van der Waals surface area contributed by atoms with E-state index in [0.717, 1.165) is 6.07 Å². The van der Waals surface area contributed by atoms with Gasteiger partial charge < -0.3 is 14.9 Å². The molecule has 0 fully saturated rings. The average molecular weight is 262 g/mol. The molecule has 19 heavy (non-hydrogen) atoms. The molecule has 0 spiro atoms. The van der Waals surface area contributed by atoms with E-state index < -0.39 is 17.5 Å². The Morgan fingerprint density at radius 1 is 1.21 bits per heavy atom. The van der Waals surface area contributed by atoms with Gasteiger partial charge in [-0.15, -0.1) is 0 Å². The molecule has 2 N–H and O–H groups in total. The third kappa shape index (κ3) is 2.49. The number of ether oxygens (including phenoxy) is 1. The number of methoxy groups -OCH3 is 1. The highest BCUT2D eigenvalue weighted by Gasteiger charge is 2.12. The SMILES string of the molecule is COc1cc(C(=O)O)ccc1-c1ccc(O)c(F)c1. The van der Waals surface area contributed by atoms with Crippen LogP contribution in [0.25, 0.3) is 11.1 Å². The van der Waals surface area contributed by atoms with Crippen LogP contribution in [-0.2, 0) is 0 Å². The van der Waals surface area contributed by atoms with Gasteiger partial charge in [0.05, 0.1) is 12.7 Å². The van der Waals surface area contributed by atoms with Crippen LogP contribution in [0.15, 0.2) is 36.4 Å². The minimum absolute atomic E-state index is 0.0832. The number of hydrogen-bond donors (Lipinski definition) is 2. The van der Waals surface area contributed by atoms with E-state index in [4.69, 9.17) is 14.9 Å². The third-order valence-corrected chi connectivity index (χ3v) is 2.71. The summed E-state index contributed by atoms with van der Waals surface area (Å²) in [5.41, 5.74) is 1.12. The topological polar surface area (TPSA) is 66.8 Å². The molecule has 4 nitrogen and oxygen atoms in total. The lowest BCUT2D eigenvalue weighted by Crippen LogP contribution is -1.98. The Bertz CT molecular complexity index is 637. The summed E-state index contributed by atoms with van der Waals surface area (Å²) in [6.07, 6.45) is 0. The van der Waals surface area contributed by atoms with E-state index in [1.54, 1.807) is 0 Å². The molecule has 5 heteroatoms. The molecule has 0 aliphatic heterocycles. The summed E-state index contributed by atoms with van der Waals surface area (Å²) in [7, 11) is 1.40. The van der Waals surface area contributed by atoms with Gasteiger partial charge in [-0.1, -0.05) is 6.07 Å². The highest BCUT2D eigenvalue weighted by atomic mass is 19.1. The normalized spacial score (nSPS) is 10.2. The molecule has 0 aliphatic carbocycles. The van der Waals surface area contributed by atoms with Crippen LogP contribution in [0, 0.1) is 5.82 Å². The lowest BCUT2D eigenvalue weighted by atomic mass is 10.0. The van der Waals surface area contributed by atoms with Crippen LogP contribution < -0.4 is 4.74 Å². The molecule has 2 aromatic carbocycles. The summed E-state index contributed by atoms with van der Waals surface area (Å²) >= 11 is 0. The third-order valence-electron chi connectivity index (χ3n) is 2.71. The van der Waals surface area contributed by atoms with Gasteiger partial charge >= 0.3 is 5.97 Å². The molecule has 0 atom stereocenters. The zero-order valence-electron chi connectivity index (χ0n) is 10.1. The molecule has 0 bridgehead atoms. The first-order valence-electron chi connectivity index (χ1n) is 5.43. The standard InChI is InChI=1S/C14H11FO4/c1-19-13-7-9(14(17)18)2-4-10(13)8-3-5-12(16)11(15)6-8/h2-7,16H,1H3,(H,17,18). The lowest BCUT2D eigenvalue weighted by molar-refractivity contribution is 0.0696. The van der Waals surface area contributed by atoms with Crippen LogP contribution >= 0.6 is 0 Å². The van der Waals surface area contributed by atoms with Crippen molar-refractivity contribution in [2.75, 3.05) is 7.11 Å². The molecular formula is C14H11FO4. The van der Waals surface area contributed by atoms with Crippen LogP contribution in [0.1, 0.15) is 10.4 Å². The molecule has 0 aliphatic rings. The van der Waals surface area contributed by atoms with E-state index in [1.807, 2.05) is 0 Å². The number of aromatic hydroxyl groups is 1. The number of carbonyl (C=O) groups is 1. The summed E-state index contributed by atoms with van der Waals surface area (Å²) in [4.78, 5) is 10.9. The average Bonchev–Trinajstić information content (AvgIpc) is 2.41. The number of aromatic carboxylic acids is 1. The number of phenols is 1. The molecule has 0 saturated carbocycles. The fourth-order valence-corrected chi connectivity index (χ4v) is 1.74. The fourth-order valence-electron chi connectivity index (χ4n) is 1.74. The van der Waals surface area contributed by atoms with E-state index in [2.05, 4.69) is 0 Å². The number of rotatable bonds is 3. The predicted octanol–water partition coefficient (Wildman–Crippen LogP) is 2.91. The van der Waals surface area contributed by atoms with E-state index in [9.17, 15) is 9.18 Å². The van der Waals surface area contributed by atoms with Crippen molar-refractivity contribution < 1.29 is 24.1 Å². The first-order chi connectivity index (χ1) is 9.02. The quantitative estimate of drug-likeness (QED) is 0.892. The first-order valence-corrected chi connectivity index (χ1v) is 5.43. The highest BCUT2D eigenvalue weighted by molar-refractivity contribution is 5.89. The van der Waals surface area contributed by atoms with Gasteiger partial charge in [-0.05, 0) is 35.9 Å². The number of carboxylic acid groups (broad SMARTS) is 1. The van der Waals surface area contributed by atoms with Gasteiger partial charge in [0.1, 0.15) is 5.75 Å². The van der Waals surface area contributed by atoms with E-state index in [1.165, 1.54) is 37.4 Å². The van der Waals surface area contributed by atoms with Crippen LogP contribution in [0.3, 0.4) is 0 Å². The van der Waals surface area contributed by atoms with Crippen LogP contribution in [-0.4, -0.2) is 23.3 Å². The molecule has 0 heterocycles. The maximum atomic E-state index is 13.3. The summed E-state index contributed by atoms with van der Waals surface area (Å²) < 4.78 is 18.4. The van der Waals surface area contributed by atoms with Crippen molar-refractivity contribution in [2.45, 2.75) is 0 Å². The molecular weight excluding hydrogens is 251 g/mol. The molecule has 0 unspecified atom stereocenters. The zero-order valence-corrected chi connectivity index (χ0v) is 10.1. The van der Waals surface area contributed by atoms with Crippen molar-refractivity contribution in [3.63, 3.8) is 0 Å². The number of phenolic OH excluding ortho intramolecular Hbond substituents is 1. The second kappa shape index (κ2) is 4.97. The molecule has 0 saturated heterocycles. The van der Waals surface area contributed by atoms with E-state index in [0.29, 0.717) is 16.9 Å². The Morgan fingerprint density at radius 3 is 2.53 bits per heavy atom. The molecule has 2 rings (SSSR count). The molecule has 2 aromatic rings. The summed E-state index contributed by atoms with van der Waals surface area (Å²) in [5.74, 6) is -1.93. The number of hydrogen-bond acceptors (Lipinski definition) is 3. The Labute approximate surface area is 108 Å². The summed E-state index contributed by atoms with van der Waals surface area (Å²) in [6, 6.07) is 8.22. The van der Waals surface area contributed by atoms with Crippen molar-refractivity contribution >= 4 is 5.97 Å². The second-order valence-electron chi connectivity index (χ2n) is 3.89. The van der Waals surface area contributed by atoms with Gasteiger partial charge in [0, 0.05) is 5.56 Å². The Balaban J connectivity index is 2.55. The molecule has 0 radical (unpaired) electrons. The van der Waals surface area contributed by atoms with Crippen molar-refractivity contribution in [2.24, 2.45) is 0 Å². The molecule has 98 valence electrons. The van der Waals surface area contributed by atoms with Crippen LogP contribution in [0.5, 0.6) is 11.5 Å². The summed E-state index contributed by atoms with van der Waals surface area (Å²) in [6.45, 7) is 0. The minimum Gasteiger partial charge on any atom is -0.505 e. The van der Waals surface area contributed by atoms with Gasteiger partial charge in [0.25, 0.3) is 0 Å². The van der Waals surface area contributed by atoms with Gasteiger partial charge in [-0.2, -0.15) is 0 Å². The van der Waals surface area contributed by atoms with Gasteiger partial charge in [0.15, 0.2) is 11.6 Å². The lowest BCUT2D eigenvalue weighted by Gasteiger charge is -2.10. The van der Waals surface area contributed by atoms with Gasteiger partial charge in [0.2, 0.25) is 0 Å².